The maximum atomic E-state index is 13.0. The van der Waals surface area contributed by atoms with Crippen LogP contribution in [0.3, 0.4) is 0 Å². The molecule has 1 amide bonds. The fraction of sp³-hybridized carbons (Fsp3) is 0.375. The van der Waals surface area contributed by atoms with E-state index in [1.54, 1.807) is 7.11 Å². The highest BCUT2D eigenvalue weighted by Crippen LogP contribution is 2.50. The molecule has 2 atom stereocenters. The minimum absolute atomic E-state index is 0.102. The van der Waals surface area contributed by atoms with E-state index in [-0.39, 0.29) is 12.1 Å². The maximum Gasteiger partial charge on any atom is 0.410 e. The summed E-state index contributed by atoms with van der Waals surface area (Å²) >= 11 is 5.74. The summed E-state index contributed by atoms with van der Waals surface area (Å²) in [5, 5.41) is 4.10. The van der Waals surface area contributed by atoms with E-state index in [1.165, 1.54) is 16.8 Å². The van der Waals surface area contributed by atoms with Crippen molar-refractivity contribution in [2.75, 3.05) is 50.1 Å². The molecule has 0 unspecified atom stereocenters. The van der Waals surface area contributed by atoms with Crippen LogP contribution in [0, 0.1) is 6.92 Å². The smallest absolute Gasteiger partial charge is 0.410 e. The SMILES string of the molecule is COc1cc(C)ccc1NC(=S)N1CCN(c2ccc3c(c2)[C@@H]2CCN(C(=O)OCc4ccccc4)[C@@H]3C2)CC1. The molecule has 2 bridgehead atoms. The Morgan fingerprint density at radius 3 is 2.55 bits per heavy atom. The summed E-state index contributed by atoms with van der Waals surface area (Å²) in [7, 11) is 1.68. The number of anilines is 2. The van der Waals surface area contributed by atoms with Crippen LogP contribution in [0.25, 0.3) is 0 Å². The standard InChI is InChI=1S/C32H36N4O3S/c1-22-8-11-28(30(18-22)38-2)33-31(40)35-16-14-34(15-17-35)25-9-10-26-27(20-25)24-12-13-36(29(26)19-24)32(37)39-21-23-6-4-3-5-7-23/h3-11,18,20,24,29H,12-17,19,21H2,1-2H3,(H,33,40)/t24-,29-/m1/s1. The van der Waals surface area contributed by atoms with Gasteiger partial charge in [-0.2, -0.15) is 0 Å². The lowest BCUT2D eigenvalue weighted by Gasteiger charge is -2.37. The molecule has 1 aliphatic carbocycles. The van der Waals surface area contributed by atoms with Crippen LogP contribution in [0.2, 0.25) is 0 Å². The van der Waals surface area contributed by atoms with E-state index in [9.17, 15) is 4.79 Å². The van der Waals surface area contributed by atoms with Crippen molar-refractivity contribution in [3.8, 4) is 5.75 Å². The molecule has 40 heavy (non-hydrogen) atoms. The number of benzene rings is 3. The number of amides is 1. The first kappa shape index (κ1) is 26.4. The van der Waals surface area contributed by atoms with Gasteiger partial charge in [0.1, 0.15) is 12.4 Å². The lowest BCUT2D eigenvalue weighted by molar-refractivity contribution is 0.0694. The molecule has 2 aliphatic heterocycles. The van der Waals surface area contributed by atoms with Crippen molar-refractivity contribution in [2.45, 2.75) is 38.3 Å². The molecule has 2 fully saturated rings. The van der Waals surface area contributed by atoms with Crippen LogP contribution in [-0.2, 0) is 11.3 Å². The Bertz CT molecular complexity index is 1390. The van der Waals surface area contributed by atoms with Crippen LogP contribution in [-0.4, -0.2) is 60.8 Å². The number of thiocarbonyl (C=S) groups is 1. The number of hydrogen-bond donors (Lipinski definition) is 1. The average Bonchev–Trinajstić information content (AvgIpc) is 3.28. The molecule has 7 nitrogen and oxygen atoms in total. The topological polar surface area (TPSA) is 57.3 Å². The van der Waals surface area contributed by atoms with Crippen LogP contribution in [0.15, 0.2) is 66.7 Å². The molecule has 3 aliphatic rings. The van der Waals surface area contributed by atoms with E-state index >= 15 is 0 Å². The highest BCUT2D eigenvalue weighted by Gasteiger charge is 2.41. The molecule has 3 aromatic carbocycles. The van der Waals surface area contributed by atoms with Crippen molar-refractivity contribution in [3.05, 3.63) is 89.0 Å². The molecule has 208 valence electrons. The maximum absolute atomic E-state index is 13.0. The fourth-order valence-electron chi connectivity index (χ4n) is 6.24. The minimum Gasteiger partial charge on any atom is -0.495 e. The van der Waals surface area contributed by atoms with E-state index in [0.29, 0.717) is 12.5 Å². The number of methoxy groups -OCH3 is 1. The molecule has 0 saturated carbocycles. The Balaban J connectivity index is 1.07. The third kappa shape index (κ3) is 5.32. The molecular weight excluding hydrogens is 520 g/mol. The van der Waals surface area contributed by atoms with Gasteiger partial charge in [-0.3, -0.25) is 0 Å². The number of piperazine rings is 1. The fourth-order valence-corrected chi connectivity index (χ4v) is 6.54. The Labute approximate surface area is 241 Å². The van der Waals surface area contributed by atoms with E-state index < -0.39 is 0 Å². The van der Waals surface area contributed by atoms with Gasteiger partial charge in [0.15, 0.2) is 5.11 Å². The van der Waals surface area contributed by atoms with E-state index in [1.807, 2.05) is 54.3 Å². The van der Waals surface area contributed by atoms with Gasteiger partial charge in [0.2, 0.25) is 0 Å². The molecule has 0 radical (unpaired) electrons. The quantitative estimate of drug-likeness (QED) is 0.382. The van der Waals surface area contributed by atoms with Crippen molar-refractivity contribution >= 4 is 34.8 Å². The van der Waals surface area contributed by atoms with Gasteiger partial charge >= 0.3 is 6.09 Å². The van der Waals surface area contributed by atoms with Crippen molar-refractivity contribution in [2.24, 2.45) is 0 Å². The lowest BCUT2D eigenvalue weighted by Crippen LogP contribution is -2.50. The number of aryl methyl sites for hydroxylation is 1. The van der Waals surface area contributed by atoms with Gasteiger partial charge in [-0.05, 0) is 84.4 Å². The summed E-state index contributed by atoms with van der Waals surface area (Å²) in [4.78, 5) is 19.6. The molecule has 0 aromatic heterocycles. The van der Waals surface area contributed by atoms with E-state index in [2.05, 4.69) is 39.4 Å². The van der Waals surface area contributed by atoms with Crippen LogP contribution >= 0.6 is 12.2 Å². The molecule has 2 heterocycles. The van der Waals surface area contributed by atoms with Crippen LogP contribution in [0.4, 0.5) is 16.2 Å². The highest BCUT2D eigenvalue weighted by atomic mass is 32.1. The highest BCUT2D eigenvalue weighted by molar-refractivity contribution is 7.80. The van der Waals surface area contributed by atoms with E-state index in [0.717, 1.165) is 73.2 Å². The number of likely N-dealkylation sites (tertiary alicyclic amines) is 1. The van der Waals surface area contributed by atoms with Crippen molar-refractivity contribution in [1.29, 1.82) is 0 Å². The van der Waals surface area contributed by atoms with Gasteiger partial charge in [0.05, 0.1) is 18.8 Å². The number of carbonyl (C=O) groups is 1. The largest absolute Gasteiger partial charge is 0.495 e. The zero-order valence-electron chi connectivity index (χ0n) is 23.1. The van der Waals surface area contributed by atoms with Crippen LogP contribution < -0.4 is 15.0 Å². The summed E-state index contributed by atoms with van der Waals surface area (Å²) in [6.07, 6.45) is 1.74. The van der Waals surface area contributed by atoms with Crippen LogP contribution in [0.5, 0.6) is 5.75 Å². The number of piperidine rings is 1. The number of rotatable bonds is 5. The molecule has 2 saturated heterocycles. The predicted octanol–water partition coefficient (Wildman–Crippen LogP) is 6.09. The average molecular weight is 557 g/mol. The Hall–Kier alpha value is -3.78. The van der Waals surface area contributed by atoms with Crippen LogP contribution in [0.1, 0.15) is 47.1 Å². The van der Waals surface area contributed by atoms with E-state index in [4.69, 9.17) is 21.7 Å². The number of nitrogens with zero attached hydrogens (tertiary/aromatic N) is 3. The van der Waals surface area contributed by atoms with Crippen molar-refractivity contribution in [3.63, 3.8) is 0 Å². The van der Waals surface area contributed by atoms with Gasteiger partial charge in [0, 0.05) is 38.4 Å². The number of hydrogen-bond acceptors (Lipinski definition) is 5. The lowest BCUT2D eigenvalue weighted by atomic mass is 9.95. The Morgan fingerprint density at radius 1 is 0.975 bits per heavy atom. The second kappa shape index (κ2) is 11.4. The van der Waals surface area contributed by atoms with Gasteiger partial charge in [-0.1, -0.05) is 42.5 Å². The predicted molar refractivity (Wildman–Crippen MR) is 162 cm³/mol. The molecule has 3 aromatic rings. The summed E-state index contributed by atoms with van der Waals surface area (Å²) in [6.45, 7) is 6.60. The van der Waals surface area contributed by atoms with Gasteiger partial charge in [0.25, 0.3) is 0 Å². The monoisotopic (exact) mass is 556 g/mol. The summed E-state index contributed by atoms with van der Waals surface area (Å²) in [5.74, 6) is 1.30. The molecule has 8 heteroatoms. The first-order chi connectivity index (χ1) is 19.5. The third-order valence-corrected chi connectivity index (χ3v) is 8.80. The summed E-state index contributed by atoms with van der Waals surface area (Å²) in [6, 6.07) is 22.9. The summed E-state index contributed by atoms with van der Waals surface area (Å²) < 4.78 is 11.2. The van der Waals surface area contributed by atoms with Crippen molar-refractivity contribution in [1.82, 2.24) is 9.80 Å². The number of nitrogens with one attached hydrogen (secondary N) is 1. The van der Waals surface area contributed by atoms with Gasteiger partial charge < -0.3 is 29.5 Å². The normalized spacial score (nSPS) is 19.7. The first-order valence-corrected chi connectivity index (χ1v) is 14.5. The van der Waals surface area contributed by atoms with Gasteiger partial charge in [-0.25, -0.2) is 4.79 Å². The zero-order valence-corrected chi connectivity index (χ0v) is 24.0. The zero-order chi connectivity index (χ0) is 27.6. The molecule has 1 N–H and O–H groups in total. The second-order valence-corrected chi connectivity index (χ2v) is 11.3. The summed E-state index contributed by atoms with van der Waals surface area (Å²) in [5.41, 5.74) is 6.97. The molecule has 6 rings (SSSR count). The molecule has 0 spiro atoms. The second-order valence-electron chi connectivity index (χ2n) is 10.9. The minimum atomic E-state index is -0.215. The van der Waals surface area contributed by atoms with Crippen molar-refractivity contribution < 1.29 is 14.3 Å². The number of ether oxygens (including phenoxy) is 2. The Kier molecular flexibility index (Phi) is 7.52. The molecular formula is C32H36N4O3S. The number of carbonyl (C=O) groups excluding carboxylic acids is 1. The number of fused-ring (bicyclic) bond motifs is 5. The van der Waals surface area contributed by atoms with Gasteiger partial charge in [-0.15, -0.1) is 0 Å². The Morgan fingerprint density at radius 2 is 1.77 bits per heavy atom. The third-order valence-electron chi connectivity index (χ3n) is 8.44. The first-order valence-electron chi connectivity index (χ1n) is 14.1.